The van der Waals surface area contributed by atoms with E-state index in [4.69, 9.17) is 18.9 Å². The van der Waals surface area contributed by atoms with E-state index < -0.39 is 22.4 Å². The van der Waals surface area contributed by atoms with Crippen molar-refractivity contribution in [3.63, 3.8) is 0 Å². The summed E-state index contributed by atoms with van der Waals surface area (Å²) >= 11 is 0. The molecule has 3 aromatic carbocycles. The fourth-order valence-electron chi connectivity index (χ4n) is 5.49. The van der Waals surface area contributed by atoms with Gasteiger partial charge in [0.25, 0.3) is 5.69 Å². The third-order valence-corrected chi connectivity index (χ3v) is 7.35. The van der Waals surface area contributed by atoms with Gasteiger partial charge in [-0.3, -0.25) is 14.9 Å². The van der Waals surface area contributed by atoms with Gasteiger partial charge in [0.05, 0.1) is 50.3 Å². The second-order valence-corrected chi connectivity index (χ2v) is 9.68. The number of carbonyl (C=O) groups is 1. The third-order valence-electron chi connectivity index (χ3n) is 7.35. The van der Waals surface area contributed by atoms with Gasteiger partial charge in [0.2, 0.25) is 5.75 Å². The largest absolute Gasteiger partial charge is 0.865 e. The Morgan fingerprint density at radius 2 is 1.59 bits per heavy atom. The number of ketones is 1. The van der Waals surface area contributed by atoms with E-state index in [1.54, 1.807) is 6.92 Å². The molecule has 1 aliphatic carbocycles. The zero-order valence-corrected chi connectivity index (χ0v) is 23.1. The molecule has 11 heteroatoms. The lowest BCUT2D eigenvalue weighted by molar-refractivity contribution is -0.398. The van der Waals surface area contributed by atoms with Gasteiger partial charge < -0.3 is 34.7 Å². The number of nitro benzene ring substituents is 1. The molecule has 2 N–H and O–H groups in total. The molecule has 0 bridgehead atoms. The number of nitrogens with one attached hydrogen (secondary N) is 2. The number of carbonyl (C=O) groups excluding carboxylic acids is 1. The molecule has 0 saturated carbocycles. The fraction of sp³-hybridized carbons (Fsp3) is 0.300. The van der Waals surface area contributed by atoms with E-state index in [2.05, 4.69) is 10.6 Å². The first-order valence-corrected chi connectivity index (χ1v) is 13.1. The standard InChI is InChI=1S/C30H31N3O8/c1-5-41-24-15-18(11-22(29(24)35)33(36)37)28-27-21(31-19-8-6-7-9-20(19)32-28)10-16(12-23(27)34)17-13-25(38-2)30(40-4)26(14-17)39-3/h6-9,11,13-16,28,31-32,35H,5,10,12H2,1-4H3/p-1. The third kappa shape index (κ3) is 5.06. The number of hydrogen-bond donors (Lipinski definition) is 2. The van der Waals surface area contributed by atoms with Crippen LogP contribution in [0.15, 0.2) is 59.8 Å². The summed E-state index contributed by atoms with van der Waals surface area (Å²) in [6.07, 6.45) is 0.639. The fourth-order valence-corrected chi connectivity index (χ4v) is 5.49. The van der Waals surface area contributed by atoms with Gasteiger partial charge in [-0.1, -0.05) is 12.1 Å². The van der Waals surface area contributed by atoms with Crippen molar-refractivity contribution in [3.05, 3.63) is 81.0 Å². The van der Waals surface area contributed by atoms with Crippen LogP contribution >= 0.6 is 0 Å². The Morgan fingerprint density at radius 1 is 0.927 bits per heavy atom. The number of benzene rings is 3. The van der Waals surface area contributed by atoms with Gasteiger partial charge in [-0.05, 0) is 60.7 Å². The van der Waals surface area contributed by atoms with E-state index in [-0.39, 0.29) is 30.5 Å². The van der Waals surface area contributed by atoms with Crippen molar-refractivity contribution in [3.8, 4) is 28.7 Å². The van der Waals surface area contributed by atoms with Crippen LogP contribution in [-0.2, 0) is 4.79 Å². The zero-order valence-electron chi connectivity index (χ0n) is 23.1. The molecule has 0 radical (unpaired) electrons. The maximum absolute atomic E-state index is 14.0. The molecular weight excluding hydrogens is 530 g/mol. The van der Waals surface area contributed by atoms with Crippen molar-refractivity contribution in [1.29, 1.82) is 0 Å². The predicted molar refractivity (Wildman–Crippen MR) is 150 cm³/mol. The molecule has 1 aliphatic heterocycles. The molecule has 2 unspecified atom stereocenters. The molecule has 5 rings (SSSR count). The van der Waals surface area contributed by atoms with Crippen LogP contribution in [-0.4, -0.2) is 38.6 Å². The van der Waals surface area contributed by atoms with Gasteiger partial charge >= 0.3 is 0 Å². The molecule has 2 aliphatic rings. The second kappa shape index (κ2) is 11.3. The molecule has 0 saturated heterocycles. The minimum Gasteiger partial charge on any atom is -0.865 e. The average Bonchev–Trinajstić information content (AvgIpc) is 3.14. The Morgan fingerprint density at radius 3 is 2.20 bits per heavy atom. The van der Waals surface area contributed by atoms with Crippen LogP contribution in [0.25, 0.3) is 0 Å². The Hall–Kier alpha value is -4.93. The normalized spacial score (nSPS) is 17.8. The zero-order chi connectivity index (χ0) is 29.3. The maximum Gasteiger partial charge on any atom is 0.265 e. The molecule has 41 heavy (non-hydrogen) atoms. The first-order valence-electron chi connectivity index (χ1n) is 13.1. The lowest BCUT2D eigenvalue weighted by Crippen LogP contribution is -2.27. The molecule has 3 aromatic rings. The van der Waals surface area contributed by atoms with E-state index in [0.717, 1.165) is 11.3 Å². The first kappa shape index (κ1) is 27.6. The summed E-state index contributed by atoms with van der Waals surface area (Å²) in [7, 11) is 4.61. The van der Waals surface area contributed by atoms with Gasteiger partial charge in [0.1, 0.15) is 5.75 Å². The van der Waals surface area contributed by atoms with Crippen LogP contribution in [0.1, 0.15) is 42.9 Å². The Labute approximate surface area is 236 Å². The van der Waals surface area contributed by atoms with Crippen molar-refractivity contribution < 1.29 is 33.8 Å². The lowest BCUT2D eigenvalue weighted by Gasteiger charge is -2.30. The van der Waals surface area contributed by atoms with Gasteiger partial charge in [-0.2, -0.15) is 0 Å². The number of fused-ring (bicyclic) bond motifs is 1. The maximum atomic E-state index is 14.0. The van der Waals surface area contributed by atoms with Crippen LogP contribution in [0.4, 0.5) is 17.1 Å². The molecule has 0 fully saturated rings. The van der Waals surface area contributed by atoms with Gasteiger partial charge in [0.15, 0.2) is 17.3 Å². The van der Waals surface area contributed by atoms with Gasteiger partial charge in [-0.15, -0.1) is 0 Å². The van der Waals surface area contributed by atoms with E-state index in [9.17, 15) is 20.0 Å². The number of nitrogens with zero attached hydrogens (tertiary/aromatic N) is 1. The predicted octanol–water partition coefficient (Wildman–Crippen LogP) is 5.07. The highest BCUT2D eigenvalue weighted by Crippen LogP contribution is 2.48. The van der Waals surface area contributed by atoms with Crippen LogP contribution < -0.4 is 34.7 Å². The molecule has 11 nitrogen and oxygen atoms in total. The van der Waals surface area contributed by atoms with Crippen molar-refractivity contribution in [2.24, 2.45) is 0 Å². The summed E-state index contributed by atoms with van der Waals surface area (Å²) in [5.41, 5.74) is 3.18. The number of allylic oxidation sites excluding steroid dienone is 1. The Bertz CT molecular complexity index is 1530. The Balaban J connectivity index is 1.65. The van der Waals surface area contributed by atoms with Gasteiger partial charge in [0, 0.05) is 29.5 Å². The molecule has 0 aromatic heterocycles. The lowest BCUT2D eigenvalue weighted by atomic mass is 9.78. The summed E-state index contributed by atoms with van der Waals surface area (Å²) < 4.78 is 22.0. The van der Waals surface area contributed by atoms with E-state index >= 15 is 0 Å². The average molecular weight is 561 g/mol. The molecule has 0 spiro atoms. The summed E-state index contributed by atoms with van der Waals surface area (Å²) in [6, 6.07) is 13.1. The number of hydrogen-bond acceptors (Lipinski definition) is 10. The van der Waals surface area contributed by atoms with Crippen molar-refractivity contribution in [2.45, 2.75) is 31.7 Å². The summed E-state index contributed by atoms with van der Waals surface area (Å²) in [6.45, 7) is 1.85. The van der Waals surface area contributed by atoms with E-state index in [0.29, 0.717) is 46.2 Å². The van der Waals surface area contributed by atoms with Crippen molar-refractivity contribution in [2.75, 3.05) is 38.6 Å². The summed E-state index contributed by atoms with van der Waals surface area (Å²) in [5, 5.41) is 31.3. The SMILES string of the molecule is CCOc1cc(C2Nc3ccccc3NC3=C2C(=O)CC(c2cc(OC)c(OC)c(OC)c2)C3)cc([N+](=O)[O-])c1[O-]. The minimum absolute atomic E-state index is 0.135. The highest BCUT2D eigenvalue weighted by molar-refractivity contribution is 6.01. The smallest absolute Gasteiger partial charge is 0.265 e. The molecule has 1 heterocycles. The minimum atomic E-state index is -0.806. The van der Waals surface area contributed by atoms with Crippen LogP contribution in [0.3, 0.4) is 0 Å². The van der Waals surface area contributed by atoms with Crippen LogP contribution in [0.5, 0.6) is 28.7 Å². The summed E-state index contributed by atoms with van der Waals surface area (Å²) in [5.74, 6) is 0.131. The number of para-hydroxylation sites is 2. The second-order valence-electron chi connectivity index (χ2n) is 9.68. The van der Waals surface area contributed by atoms with Crippen molar-refractivity contribution >= 4 is 22.8 Å². The van der Waals surface area contributed by atoms with Crippen LogP contribution in [0, 0.1) is 10.1 Å². The number of anilines is 2. The highest BCUT2D eigenvalue weighted by atomic mass is 16.6. The highest BCUT2D eigenvalue weighted by Gasteiger charge is 2.37. The molecule has 0 amide bonds. The first-order chi connectivity index (χ1) is 19.8. The Kier molecular flexibility index (Phi) is 7.60. The van der Waals surface area contributed by atoms with Gasteiger partial charge in [-0.25, -0.2) is 0 Å². The number of ether oxygens (including phenoxy) is 4. The molecule has 214 valence electrons. The number of Topliss-reactive ketones (excluding diaryl/α,β-unsaturated/α-hetero) is 1. The number of rotatable bonds is 8. The molecular formula is C30H30N3O8-. The van der Waals surface area contributed by atoms with Crippen LogP contribution in [0.2, 0.25) is 0 Å². The topological polar surface area (TPSA) is 144 Å². The quantitative estimate of drug-likeness (QED) is 0.283. The summed E-state index contributed by atoms with van der Waals surface area (Å²) in [4.78, 5) is 25.0. The molecule has 2 atom stereocenters. The van der Waals surface area contributed by atoms with Crippen molar-refractivity contribution in [1.82, 2.24) is 0 Å². The van der Waals surface area contributed by atoms with E-state index in [1.807, 2.05) is 36.4 Å². The monoisotopic (exact) mass is 560 g/mol. The van der Waals surface area contributed by atoms with E-state index in [1.165, 1.54) is 33.5 Å². The number of nitro groups is 1. The number of methoxy groups -OCH3 is 3.